The lowest BCUT2D eigenvalue weighted by Gasteiger charge is -2.30. The maximum atomic E-state index is 11.7. The van der Waals surface area contributed by atoms with E-state index in [0.29, 0.717) is 36.0 Å². The third-order valence-corrected chi connectivity index (χ3v) is 6.16. The SMILES string of the molecule is COC/C=C/COc1cccc(C2Oc3cccc(OC)c3-c3ccc(CS(N)(=O)=O)cc32)c1. The van der Waals surface area contributed by atoms with Gasteiger partial charge in [0.15, 0.2) is 0 Å². The molecule has 0 fully saturated rings. The maximum absolute atomic E-state index is 11.7. The van der Waals surface area contributed by atoms with Crippen LogP contribution in [0.4, 0.5) is 0 Å². The van der Waals surface area contributed by atoms with E-state index >= 15 is 0 Å². The molecule has 0 spiro atoms. The van der Waals surface area contributed by atoms with E-state index in [1.54, 1.807) is 20.3 Å². The van der Waals surface area contributed by atoms with E-state index < -0.39 is 16.1 Å². The molecule has 3 aromatic rings. The number of benzene rings is 3. The Morgan fingerprint density at radius 2 is 1.79 bits per heavy atom. The van der Waals surface area contributed by atoms with Crippen LogP contribution in [0.2, 0.25) is 0 Å². The average Bonchev–Trinajstić information content (AvgIpc) is 2.82. The Balaban J connectivity index is 1.74. The summed E-state index contributed by atoms with van der Waals surface area (Å²) in [5.74, 6) is 1.80. The van der Waals surface area contributed by atoms with E-state index in [1.807, 2.05) is 66.7 Å². The van der Waals surface area contributed by atoms with Crippen LogP contribution in [-0.4, -0.2) is 35.9 Å². The molecule has 8 heteroatoms. The highest BCUT2D eigenvalue weighted by Crippen LogP contribution is 2.49. The van der Waals surface area contributed by atoms with Crippen LogP contribution in [0.15, 0.2) is 72.8 Å². The van der Waals surface area contributed by atoms with Crippen LogP contribution in [0.25, 0.3) is 11.1 Å². The van der Waals surface area contributed by atoms with E-state index in [4.69, 9.17) is 24.1 Å². The number of fused-ring (bicyclic) bond motifs is 3. The van der Waals surface area contributed by atoms with E-state index in [0.717, 1.165) is 22.3 Å². The molecular formula is C26H27NO6S. The molecule has 0 amide bonds. The summed E-state index contributed by atoms with van der Waals surface area (Å²) in [6.45, 7) is 0.938. The van der Waals surface area contributed by atoms with Crippen LogP contribution in [-0.2, 0) is 20.5 Å². The van der Waals surface area contributed by atoms with E-state index in [1.165, 1.54) is 0 Å². The van der Waals surface area contributed by atoms with Gasteiger partial charge >= 0.3 is 0 Å². The van der Waals surface area contributed by atoms with Gasteiger partial charge in [0, 0.05) is 18.2 Å². The molecule has 34 heavy (non-hydrogen) atoms. The predicted molar refractivity (Wildman–Crippen MR) is 131 cm³/mol. The van der Waals surface area contributed by atoms with Gasteiger partial charge in [-0.3, -0.25) is 0 Å². The molecule has 2 N–H and O–H groups in total. The van der Waals surface area contributed by atoms with Crippen molar-refractivity contribution in [1.29, 1.82) is 0 Å². The van der Waals surface area contributed by atoms with Crippen LogP contribution in [0.1, 0.15) is 22.8 Å². The first-order valence-corrected chi connectivity index (χ1v) is 12.4. The fourth-order valence-electron chi connectivity index (χ4n) is 4.01. The van der Waals surface area contributed by atoms with Crippen molar-refractivity contribution >= 4 is 10.0 Å². The molecule has 0 aliphatic carbocycles. The summed E-state index contributed by atoms with van der Waals surface area (Å²) in [5.41, 5.74) is 4.03. The Morgan fingerprint density at radius 3 is 2.56 bits per heavy atom. The van der Waals surface area contributed by atoms with Crippen molar-refractivity contribution in [3.63, 3.8) is 0 Å². The summed E-state index contributed by atoms with van der Waals surface area (Å²) in [4.78, 5) is 0. The molecule has 0 bridgehead atoms. The van der Waals surface area contributed by atoms with Gasteiger partial charge in [-0.25, -0.2) is 13.6 Å². The van der Waals surface area contributed by atoms with Gasteiger partial charge in [-0.15, -0.1) is 0 Å². The number of primary sulfonamides is 1. The minimum atomic E-state index is -3.68. The average molecular weight is 482 g/mol. The van der Waals surface area contributed by atoms with Gasteiger partial charge in [-0.05, 0) is 41.5 Å². The minimum absolute atomic E-state index is 0.261. The van der Waals surface area contributed by atoms with Crippen molar-refractivity contribution in [2.24, 2.45) is 5.14 Å². The van der Waals surface area contributed by atoms with Gasteiger partial charge in [0.1, 0.15) is 30.0 Å². The van der Waals surface area contributed by atoms with Gasteiger partial charge in [-0.1, -0.05) is 42.5 Å². The van der Waals surface area contributed by atoms with E-state index in [9.17, 15) is 8.42 Å². The van der Waals surface area contributed by atoms with Crippen molar-refractivity contribution in [2.45, 2.75) is 11.9 Å². The smallest absolute Gasteiger partial charge is 0.213 e. The zero-order valence-electron chi connectivity index (χ0n) is 19.1. The predicted octanol–water partition coefficient (Wildman–Crippen LogP) is 4.21. The Bertz CT molecular complexity index is 1300. The second-order valence-electron chi connectivity index (χ2n) is 7.87. The lowest BCUT2D eigenvalue weighted by molar-refractivity contribution is 0.233. The van der Waals surface area contributed by atoms with Crippen molar-refractivity contribution in [3.05, 3.63) is 89.5 Å². The standard InChI is InChI=1S/C26H27NO6S/c1-30-13-3-4-14-32-20-8-5-7-19(16-20)26-22-15-18(17-34(27,28)29)11-12-21(22)25-23(31-2)9-6-10-24(25)33-26/h3-12,15-16,26H,13-14,17H2,1-2H3,(H2,27,28,29)/b4-3+. The van der Waals surface area contributed by atoms with E-state index in [-0.39, 0.29) is 5.75 Å². The summed E-state index contributed by atoms with van der Waals surface area (Å²) in [7, 11) is -0.436. The summed E-state index contributed by atoms with van der Waals surface area (Å²) in [5, 5.41) is 5.30. The second-order valence-corrected chi connectivity index (χ2v) is 9.48. The minimum Gasteiger partial charge on any atom is -0.496 e. The third-order valence-electron chi connectivity index (χ3n) is 5.42. The Labute approximate surface area is 199 Å². The number of hydrogen-bond donors (Lipinski definition) is 1. The lowest BCUT2D eigenvalue weighted by Crippen LogP contribution is -2.18. The maximum Gasteiger partial charge on any atom is 0.213 e. The van der Waals surface area contributed by atoms with Crippen LogP contribution in [0, 0.1) is 0 Å². The Hall–Kier alpha value is -3.33. The molecule has 1 atom stereocenters. The highest BCUT2D eigenvalue weighted by Gasteiger charge is 2.30. The van der Waals surface area contributed by atoms with Crippen molar-refractivity contribution in [1.82, 2.24) is 0 Å². The quantitative estimate of drug-likeness (QED) is 0.460. The molecule has 1 aliphatic rings. The van der Waals surface area contributed by atoms with Gasteiger partial charge in [-0.2, -0.15) is 0 Å². The number of sulfonamides is 1. The Morgan fingerprint density at radius 1 is 1.00 bits per heavy atom. The molecule has 0 saturated carbocycles. The van der Waals surface area contributed by atoms with Crippen LogP contribution in [0.3, 0.4) is 0 Å². The topological polar surface area (TPSA) is 97.1 Å². The summed E-state index contributed by atoms with van der Waals surface area (Å²) >= 11 is 0. The summed E-state index contributed by atoms with van der Waals surface area (Å²) in [6.07, 6.45) is 3.31. The highest BCUT2D eigenvalue weighted by molar-refractivity contribution is 7.88. The third kappa shape index (κ3) is 5.41. The van der Waals surface area contributed by atoms with Crippen LogP contribution in [0.5, 0.6) is 17.2 Å². The zero-order chi connectivity index (χ0) is 24.1. The number of nitrogens with two attached hydrogens (primary N) is 1. The molecule has 178 valence electrons. The lowest BCUT2D eigenvalue weighted by atomic mass is 9.88. The molecule has 7 nitrogen and oxygen atoms in total. The first-order valence-electron chi connectivity index (χ1n) is 10.7. The van der Waals surface area contributed by atoms with Gasteiger partial charge < -0.3 is 18.9 Å². The van der Waals surface area contributed by atoms with Crippen molar-refractivity contribution < 1.29 is 27.4 Å². The van der Waals surface area contributed by atoms with E-state index in [2.05, 4.69) is 0 Å². The van der Waals surface area contributed by atoms with Gasteiger partial charge in [0.05, 0.1) is 25.0 Å². The number of methoxy groups -OCH3 is 2. The summed E-state index contributed by atoms with van der Waals surface area (Å²) in [6, 6.07) is 18.8. The molecule has 1 heterocycles. The van der Waals surface area contributed by atoms with Crippen LogP contribution < -0.4 is 19.3 Å². The summed E-state index contributed by atoms with van der Waals surface area (Å²) < 4.78 is 46.3. The number of rotatable bonds is 9. The fourth-order valence-corrected chi connectivity index (χ4v) is 4.65. The monoisotopic (exact) mass is 481 g/mol. The normalized spacial score (nSPS) is 14.9. The van der Waals surface area contributed by atoms with Gasteiger partial charge in [0.2, 0.25) is 10.0 Å². The Kier molecular flexibility index (Phi) is 7.21. The number of hydrogen-bond acceptors (Lipinski definition) is 6. The van der Waals surface area contributed by atoms with Crippen LogP contribution >= 0.6 is 0 Å². The zero-order valence-corrected chi connectivity index (χ0v) is 19.9. The molecule has 0 saturated heterocycles. The largest absolute Gasteiger partial charge is 0.496 e. The van der Waals surface area contributed by atoms with Gasteiger partial charge in [0.25, 0.3) is 0 Å². The molecular weight excluding hydrogens is 454 g/mol. The number of ether oxygens (including phenoxy) is 4. The van der Waals surface area contributed by atoms with Crippen molar-refractivity contribution in [3.8, 4) is 28.4 Å². The first kappa shape index (κ1) is 23.8. The molecule has 0 aromatic heterocycles. The molecule has 4 rings (SSSR count). The molecule has 1 aliphatic heterocycles. The first-order chi connectivity index (χ1) is 16.4. The molecule has 1 unspecified atom stereocenters. The fraction of sp³-hybridized carbons (Fsp3) is 0.231. The molecule has 3 aromatic carbocycles. The highest BCUT2D eigenvalue weighted by atomic mass is 32.2. The molecule has 0 radical (unpaired) electrons. The van der Waals surface area contributed by atoms with Crippen molar-refractivity contribution in [2.75, 3.05) is 27.4 Å². The second kappa shape index (κ2) is 10.3.